The van der Waals surface area contributed by atoms with E-state index in [-0.39, 0.29) is 10.7 Å². The van der Waals surface area contributed by atoms with E-state index >= 15 is 0 Å². The summed E-state index contributed by atoms with van der Waals surface area (Å²) in [4.78, 5) is 13.4. The Bertz CT molecular complexity index is 334. The van der Waals surface area contributed by atoms with Crippen LogP contribution >= 0.6 is 15.9 Å². The van der Waals surface area contributed by atoms with Crippen molar-refractivity contribution in [1.29, 1.82) is 0 Å². The minimum absolute atomic E-state index is 0.0937. The zero-order chi connectivity index (χ0) is 11.4. The number of rotatable bonds is 3. The molecule has 1 amide bonds. The molecule has 0 bridgehead atoms. The highest BCUT2D eigenvalue weighted by molar-refractivity contribution is 9.10. The summed E-state index contributed by atoms with van der Waals surface area (Å²) < 4.78 is 0. The first-order valence-electron chi connectivity index (χ1n) is 5.04. The first-order chi connectivity index (χ1) is 7.06. The number of benzene rings is 1. The number of carbonyl (C=O) groups excluding carboxylic acids is 1. The third-order valence-electron chi connectivity index (χ3n) is 2.38. The van der Waals surface area contributed by atoms with Crippen molar-refractivity contribution in [1.82, 2.24) is 0 Å². The van der Waals surface area contributed by atoms with Gasteiger partial charge < -0.3 is 4.90 Å². The molecule has 0 aliphatic heterocycles. The Labute approximate surface area is 99.4 Å². The van der Waals surface area contributed by atoms with E-state index < -0.39 is 0 Å². The van der Waals surface area contributed by atoms with Gasteiger partial charge in [-0.2, -0.15) is 0 Å². The summed E-state index contributed by atoms with van der Waals surface area (Å²) in [5.41, 5.74) is 2.13. The molecule has 0 radical (unpaired) electrons. The van der Waals surface area contributed by atoms with Crippen molar-refractivity contribution in [3.05, 3.63) is 29.8 Å². The van der Waals surface area contributed by atoms with Gasteiger partial charge >= 0.3 is 0 Å². The van der Waals surface area contributed by atoms with E-state index in [4.69, 9.17) is 0 Å². The number of carbonyl (C=O) groups is 1. The number of aryl methyl sites for hydroxylation is 1. The summed E-state index contributed by atoms with van der Waals surface area (Å²) in [6, 6.07) is 7.94. The van der Waals surface area contributed by atoms with Gasteiger partial charge in [0.1, 0.15) is 0 Å². The molecule has 0 saturated heterocycles. The van der Waals surface area contributed by atoms with Crippen molar-refractivity contribution >= 4 is 27.5 Å². The van der Waals surface area contributed by atoms with Gasteiger partial charge in [0.2, 0.25) is 5.91 Å². The van der Waals surface area contributed by atoms with Gasteiger partial charge in [-0.3, -0.25) is 4.79 Å². The molecule has 0 aromatic heterocycles. The highest BCUT2D eigenvalue weighted by Crippen LogP contribution is 2.17. The van der Waals surface area contributed by atoms with Gasteiger partial charge in [0.15, 0.2) is 0 Å². The van der Waals surface area contributed by atoms with Crippen LogP contribution in [0.15, 0.2) is 24.3 Å². The van der Waals surface area contributed by atoms with Crippen LogP contribution in [0.25, 0.3) is 0 Å². The van der Waals surface area contributed by atoms with Crippen LogP contribution in [-0.4, -0.2) is 17.8 Å². The molecule has 0 spiro atoms. The van der Waals surface area contributed by atoms with Crippen LogP contribution in [0.2, 0.25) is 0 Å². The van der Waals surface area contributed by atoms with E-state index in [1.165, 1.54) is 5.56 Å². The molecule has 2 nitrogen and oxygen atoms in total. The van der Waals surface area contributed by atoms with Crippen molar-refractivity contribution in [2.45, 2.75) is 25.1 Å². The number of amides is 1. The first kappa shape index (κ1) is 12.2. The maximum atomic E-state index is 11.8. The van der Waals surface area contributed by atoms with Crippen molar-refractivity contribution in [2.24, 2.45) is 0 Å². The second kappa shape index (κ2) is 5.31. The fourth-order valence-corrected chi connectivity index (χ4v) is 1.59. The van der Waals surface area contributed by atoms with E-state index in [1.54, 1.807) is 11.9 Å². The quantitative estimate of drug-likeness (QED) is 0.773. The summed E-state index contributed by atoms with van der Waals surface area (Å²) in [5.74, 6) is 0.0985. The number of nitrogens with zero attached hydrogens (tertiary/aromatic N) is 1. The molecule has 0 aliphatic carbocycles. The van der Waals surface area contributed by atoms with Crippen LogP contribution in [0.4, 0.5) is 5.69 Å². The average Bonchev–Trinajstić information content (AvgIpc) is 2.27. The van der Waals surface area contributed by atoms with Gasteiger partial charge in [0, 0.05) is 12.7 Å². The molecule has 0 heterocycles. The van der Waals surface area contributed by atoms with Gasteiger partial charge in [-0.15, -0.1) is 0 Å². The number of hydrogen-bond acceptors (Lipinski definition) is 1. The lowest BCUT2D eigenvalue weighted by Crippen LogP contribution is -2.32. The topological polar surface area (TPSA) is 20.3 Å². The second-order valence-corrected chi connectivity index (χ2v) is 4.71. The summed E-state index contributed by atoms with van der Waals surface area (Å²) >= 11 is 3.36. The molecule has 1 atom stereocenters. The van der Waals surface area contributed by atoms with Crippen molar-refractivity contribution in [3.63, 3.8) is 0 Å². The van der Waals surface area contributed by atoms with Crippen molar-refractivity contribution in [3.8, 4) is 0 Å². The number of hydrogen-bond donors (Lipinski definition) is 0. The third-order valence-corrected chi connectivity index (χ3v) is 3.42. The van der Waals surface area contributed by atoms with E-state index in [1.807, 2.05) is 38.1 Å². The first-order valence-corrected chi connectivity index (χ1v) is 5.96. The van der Waals surface area contributed by atoms with Gasteiger partial charge in [-0.25, -0.2) is 0 Å². The van der Waals surface area contributed by atoms with Gasteiger partial charge in [0.05, 0.1) is 4.83 Å². The molecular weight excluding hydrogens is 254 g/mol. The van der Waals surface area contributed by atoms with Crippen LogP contribution < -0.4 is 4.90 Å². The lowest BCUT2D eigenvalue weighted by Gasteiger charge is -2.20. The summed E-state index contributed by atoms with van der Waals surface area (Å²) in [5, 5.41) is 0. The molecule has 0 N–H and O–H groups in total. The Morgan fingerprint density at radius 3 is 2.40 bits per heavy atom. The van der Waals surface area contributed by atoms with Crippen molar-refractivity contribution < 1.29 is 4.79 Å². The summed E-state index contributed by atoms with van der Waals surface area (Å²) in [7, 11) is 1.80. The summed E-state index contributed by atoms with van der Waals surface area (Å²) in [6.45, 7) is 4.02. The van der Waals surface area contributed by atoms with Crippen LogP contribution in [0.3, 0.4) is 0 Å². The Kier molecular flexibility index (Phi) is 4.33. The maximum absolute atomic E-state index is 11.8. The Balaban J connectivity index is 2.80. The van der Waals surface area contributed by atoms with Crippen LogP contribution in [-0.2, 0) is 4.79 Å². The molecule has 0 aliphatic rings. The minimum Gasteiger partial charge on any atom is -0.315 e. The van der Waals surface area contributed by atoms with Gasteiger partial charge in [-0.1, -0.05) is 40.5 Å². The van der Waals surface area contributed by atoms with E-state index in [0.29, 0.717) is 0 Å². The molecule has 82 valence electrons. The normalized spacial score (nSPS) is 12.3. The van der Waals surface area contributed by atoms with E-state index in [2.05, 4.69) is 15.9 Å². The standard InChI is InChI=1S/C12H16BrNO/c1-4-11(13)12(15)14(3)10-7-5-9(2)6-8-10/h5-8,11H,4H2,1-3H3. The fourth-order valence-electron chi connectivity index (χ4n) is 1.28. The fraction of sp³-hybridized carbons (Fsp3) is 0.417. The second-order valence-electron chi connectivity index (χ2n) is 3.61. The molecule has 1 unspecified atom stereocenters. The zero-order valence-electron chi connectivity index (χ0n) is 9.33. The van der Waals surface area contributed by atoms with Gasteiger partial charge in [0.25, 0.3) is 0 Å². The zero-order valence-corrected chi connectivity index (χ0v) is 10.9. The van der Waals surface area contributed by atoms with E-state index in [0.717, 1.165) is 12.1 Å². The predicted molar refractivity (Wildman–Crippen MR) is 67.6 cm³/mol. The van der Waals surface area contributed by atoms with Gasteiger partial charge in [-0.05, 0) is 25.5 Å². The SMILES string of the molecule is CCC(Br)C(=O)N(C)c1ccc(C)cc1. The number of anilines is 1. The molecule has 1 aromatic rings. The molecule has 0 fully saturated rings. The highest BCUT2D eigenvalue weighted by atomic mass is 79.9. The molecule has 15 heavy (non-hydrogen) atoms. The largest absolute Gasteiger partial charge is 0.315 e. The summed E-state index contributed by atoms with van der Waals surface area (Å²) in [6.07, 6.45) is 0.801. The molecule has 0 saturated carbocycles. The predicted octanol–water partition coefficient (Wildman–Crippen LogP) is 3.13. The molecular formula is C12H16BrNO. The molecule has 1 aromatic carbocycles. The Morgan fingerprint density at radius 2 is 1.93 bits per heavy atom. The third kappa shape index (κ3) is 3.06. The van der Waals surface area contributed by atoms with E-state index in [9.17, 15) is 4.79 Å². The number of alkyl halides is 1. The highest BCUT2D eigenvalue weighted by Gasteiger charge is 2.17. The Hall–Kier alpha value is -0.830. The maximum Gasteiger partial charge on any atom is 0.240 e. The smallest absolute Gasteiger partial charge is 0.240 e. The minimum atomic E-state index is -0.0937. The monoisotopic (exact) mass is 269 g/mol. The molecule has 1 rings (SSSR count). The van der Waals surface area contributed by atoms with Crippen LogP contribution in [0, 0.1) is 6.92 Å². The average molecular weight is 270 g/mol. The molecule has 3 heteroatoms. The Morgan fingerprint density at radius 1 is 1.40 bits per heavy atom. The van der Waals surface area contributed by atoms with Crippen LogP contribution in [0.5, 0.6) is 0 Å². The lowest BCUT2D eigenvalue weighted by molar-refractivity contribution is -0.117. The number of halogens is 1. The van der Waals surface area contributed by atoms with Crippen LogP contribution in [0.1, 0.15) is 18.9 Å². The lowest BCUT2D eigenvalue weighted by atomic mass is 10.2. The van der Waals surface area contributed by atoms with Crippen molar-refractivity contribution in [2.75, 3.05) is 11.9 Å².